The number of carbonyl (C=O) groups excluding carboxylic acids is 2. The number of benzene rings is 1. The largest absolute Gasteiger partial charge is 0.345 e. The van der Waals surface area contributed by atoms with E-state index in [0.717, 1.165) is 19.3 Å². The molecule has 0 bridgehead atoms. The highest BCUT2D eigenvalue weighted by Crippen LogP contribution is 2.29. The summed E-state index contributed by atoms with van der Waals surface area (Å²) < 4.78 is 0. The maximum Gasteiger partial charge on any atom is 0.253 e. The van der Waals surface area contributed by atoms with E-state index in [4.69, 9.17) is 11.6 Å². The quantitative estimate of drug-likeness (QED) is 0.925. The van der Waals surface area contributed by atoms with E-state index in [9.17, 15) is 9.59 Å². The molecule has 1 aliphatic carbocycles. The molecule has 102 valence electrons. The van der Waals surface area contributed by atoms with Crippen molar-refractivity contribution in [2.75, 3.05) is 19.4 Å². The first kappa shape index (κ1) is 13.9. The number of halogens is 1. The van der Waals surface area contributed by atoms with Crippen LogP contribution in [0.1, 0.15) is 29.6 Å². The summed E-state index contributed by atoms with van der Waals surface area (Å²) in [5.74, 6) is -0.0392. The van der Waals surface area contributed by atoms with Crippen molar-refractivity contribution in [3.05, 3.63) is 28.8 Å². The molecule has 0 unspecified atom stereocenters. The van der Waals surface area contributed by atoms with Crippen molar-refractivity contribution in [1.82, 2.24) is 4.90 Å². The van der Waals surface area contributed by atoms with Crippen molar-refractivity contribution in [2.24, 2.45) is 5.92 Å². The Kier molecular flexibility index (Phi) is 4.10. The SMILES string of the molecule is CN(C)C(=O)c1ccc(Cl)c(NC(=O)C2CCC2)c1. The van der Waals surface area contributed by atoms with Gasteiger partial charge in [-0.15, -0.1) is 0 Å². The van der Waals surface area contributed by atoms with Crippen LogP contribution in [0.4, 0.5) is 5.69 Å². The molecule has 1 aliphatic rings. The maximum atomic E-state index is 11.9. The van der Waals surface area contributed by atoms with E-state index in [1.54, 1.807) is 32.3 Å². The summed E-state index contributed by atoms with van der Waals surface area (Å²) in [6.45, 7) is 0. The van der Waals surface area contributed by atoms with Gasteiger partial charge in [-0.05, 0) is 31.0 Å². The first-order valence-electron chi connectivity index (χ1n) is 6.31. The second-order valence-electron chi connectivity index (χ2n) is 5.01. The van der Waals surface area contributed by atoms with Gasteiger partial charge in [0.2, 0.25) is 5.91 Å². The summed E-state index contributed by atoms with van der Waals surface area (Å²) >= 11 is 6.05. The number of nitrogens with zero attached hydrogens (tertiary/aromatic N) is 1. The highest BCUT2D eigenvalue weighted by molar-refractivity contribution is 6.33. The van der Waals surface area contributed by atoms with E-state index in [1.165, 1.54) is 4.90 Å². The van der Waals surface area contributed by atoms with Gasteiger partial charge < -0.3 is 10.2 Å². The Labute approximate surface area is 117 Å². The van der Waals surface area contributed by atoms with E-state index >= 15 is 0 Å². The van der Waals surface area contributed by atoms with Crippen LogP contribution >= 0.6 is 11.6 Å². The van der Waals surface area contributed by atoms with Crippen LogP contribution in [0.3, 0.4) is 0 Å². The second-order valence-corrected chi connectivity index (χ2v) is 5.42. The Balaban J connectivity index is 2.17. The summed E-state index contributed by atoms with van der Waals surface area (Å²) in [5, 5.41) is 3.25. The number of hydrogen-bond acceptors (Lipinski definition) is 2. The Hall–Kier alpha value is -1.55. The lowest BCUT2D eigenvalue weighted by molar-refractivity contribution is -0.122. The Morgan fingerprint density at radius 3 is 2.53 bits per heavy atom. The molecule has 4 nitrogen and oxygen atoms in total. The molecule has 1 N–H and O–H groups in total. The fraction of sp³-hybridized carbons (Fsp3) is 0.429. The van der Waals surface area contributed by atoms with Crippen molar-refractivity contribution in [3.63, 3.8) is 0 Å². The minimum Gasteiger partial charge on any atom is -0.345 e. The topological polar surface area (TPSA) is 49.4 Å². The molecule has 0 heterocycles. The molecular formula is C14H17ClN2O2. The molecule has 2 rings (SSSR count). The van der Waals surface area contributed by atoms with Crippen LogP contribution in [-0.2, 0) is 4.79 Å². The number of hydrogen-bond donors (Lipinski definition) is 1. The molecule has 2 amide bonds. The Bertz CT molecular complexity index is 510. The van der Waals surface area contributed by atoms with Gasteiger partial charge in [0.15, 0.2) is 0 Å². The average Bonchev–Trinajstić information content (AvgIpc) is 2.28. The zero-order valence-electron chi connectivity index (χ0n) is 11.1. The second kappa shape index (κ2) is 5.61. The van der Waals surface area contributed by atoms with Crippen molar-refractivity contribution in [2.45, 2.75) is 19.3 Å². The van der Waals surface area contributed by atoms with E-state index in [2.05, 4.69) is 5.32 Å². The number of rotatable bonds is 3. The third-order valence-electron chi connectivity index (χ3n) is 3.35. The van der Waals surface area contributed by atoms with Crippen LogP contribution < -0.4 is 5.32 Å². The number of carbonyl (C=O) groups is 2. The first-order chi connectivity index (χ1) is 8.99. The van der Waals surface area contributed by atoms with Gasteiger partial charge in [-0.25, -0.2) is 0 Å². The maximum absolute atomic E-state index is 11.9. The van der Waals surface area contributed by atoms with E-state index < -0.39 is 0 Å². The highest BCUT2D eigenvalue weighted by atomic mass is 35.5. The number of anilines is 1. The minimum atomic E-state index is -0.115. The smallest absolute Gasteiger partial charge is 0.253 e. The van der Waals surface area contributed by atoms with Crippen molar-refractivity contribution in [1.29, 1.82) is 0 Å². The monoisotopic (exact) mass is 280 g/mol. The molecular weight excluding hydrogens is 264 g/mol. The van der Waals surface area contributed by atoms with E-state index in [-0.39, 0.29) is 17.7 Å². The zero-order chi connectivity index (χ0) is 14.0. The standard InChI is InChI=1S/C14H17ClN2O2/c1-17(2)14(19)10-6-7-11(15)12(8-10)16-13(18)9-4-3-5-9/h6-9H,3-5H2,1-2H3,(H,16,18). The average molecular weight is 281 g/mol. The molecule has 1 aromatic rings. The molecule has 0 saturated heterocycles. The zero-order valence-corrected chi connectivity index (χ0v) is 11.8. The van der Waals surface area contributed by atoms with Gasteiger partial charge in [-0.2, -0.15) is 0 Å². The lowest BCUT2D eigenvalue weighted by atomic mass is 9.85. The van der Waals surface area contributed by atoms with Gasteiger partial charge >= 0.3 is 0 Å². The van der Waals surface area contributed by atoms with Gasteiger partial charge in [0.25, 0.3) is 5.91 Å². The van der Waals surface area contributed by atoms with Gasteiger partial charge in [-0.3, -0.25) is 9.59 Å². The molecule has 5 heteroatoms. The molecule has 0 aliphatic heterocycles. The molecule has 1 fully saturated rings. The minimum absolute atomic E-state index is 0.0115. The highest BCUT2D eigenvalue weighted by Gasteiger charge is 2.25. The molecule has 1 aromatic carbocycles. The van der Waals surface area contributed by atoms with Gasteiger partial charge in [0.05, 0.1) is 10.7 Å². The molecule has 0 atom stereocenters. The Morgan fingerprint density at radius 1 is 1.32 bits per heavy atom. The van der Waals surface area contributed by atoms with Crippen molar-refractivity contribution < 1.29 is 9.59 Å². The predicted octanol–water partition coefficient (Wildman–Crippen LogP) is 2.78. The van der Waals surface area contributed by atoms with Crippen LogP contribution in [0, 0.1) is 5.92 Å². The number of amides is 2. The van der Waals surface area contributed by atoms with Crippen LogP contribution in [0.25, 0.3) is 0 Å². The van der Waals surface area contributed by atoms with Crippen LogP contribution in [0.2, 0.25) is 5.02 Å². The van der Waals surface area contributed by atoms with Crippen LogP contribution in [0.15, 0.2) is 18.2 Å². The van der Waals surface area contributed by atoms with Crippen LogP contribution in [0.5, 0.6) is 0 Å². The predicted molar refractivity (Wildman–Crippen MR) is 75.4 cm³/mol. The first-order valence-corrected chi connectivity index (χ1v) is 6.69. The van der Waals surface area contributed by atoms with Crippen molar-refractivity contribution in [3.8, 4) is 0 Å². The van der Waals surface area contributed by atoms with Crippen molar-refractivity contribution >= 4 is 29.1 Å². The van der Waals surface area contributed by atoms with Crippen LogP contribution in [-0.4, -0.2) is 30.8 Å². The lowest BCUT2D eigenvalue weighted by Crippen LogP contribution is -2.28. The molecule has 19 heavy (non-hydrogen) atoms. The molecule has 0 spiro atoms. The lowest BCUT2D eigenvalue weighted by Gasteiger charge is -2.24. The molecule has 0 aromatic heterocycles. The summed E-state index contributed by atoms with van der Waals surface area (Å²) in [6.07, 6.45) is 2.96. The Morgan fingerprint density at radius 2 is 2.00 bits per heavy atom. The summed E-state index contributed by atoms with van der Waals surface area (Å²) in [7, 11) is 3.37. The fourth-order valence-corrected chi connectivity index (χ4v) is 2.08. The third-order valence-corrected chi connectivity index (χ3v) is 3.68. The van der Waals surface area contributed by atoms with E-state index in [0.29, 0.717) is 16.3 Å². The van der Waals surface area contributed by atoms with Gasteiger partial charge in [0, 0.05) is 25.6 Å². The number of nitrogens with one attached hydrogen (secondary N) is 1. The molecule has 1 saturated carbocycles. The summed E-state index contributed by atoms with van der Waals surface area (Å²) in [4.78, 5) is 25.2. The fourth-order valence-electron chi connectivity index (χ4n) is 1.92. The summed E-state index contributed by atoms with van der Waals surface area (Å²) in [6, 6.07) is 4.92. The van der Waals surface area contributed by atoms with Gasteiger partial charge in [-0.1, -0.05) is 18.0 Å². The summed E-state index contributed by atoms with van der Waals surface area (Å²) in [5.41, 5.74) is 1.02. The molecule has 0 radical (unpaired) electrons. The van der Waals surface area contributed by atoms with Gasteiger partial charge in [0.1, 0.15) is 0 Å². The van der Waals surface area contributed by atoms with E-state index in [1.807, 2.05) is 0 Å². The third kappa shape index (κ3) is 3.07. The normalized spacial score (nSPS) is 14.7.